The summed E-state index contributed by atoms with van der Waals surface area (Å²) in [5.41, 5.74) is 6.99. The number of hydrogen-bond donors (Lipinski definition) is 2. The predicted octanol–water partition coefficient (Wildman–Crippen LogP) is 2.02. The van der Waals surface area contributed by atoms with Crippen LogP contribution in [0.3, 0.4) is 0 Å². The summed E-state index contributed by atoms with van der Waals surface area (Å²) in [6.07, 6.45) is 2.06. The number of benzene rings is 1. The van der Waals surface area contributed by atoms with E-state index in [-0.39, 0.29) is 5.54 Å². The van der Waals surface area contributed by atoms with Crippen LogP contribution >= 0.6 is 11.6 Å². The number of anilines is 1. The summed E-state index contributed by atoms with van der Waals surface area (Å²) in [5.74, 6) is -0.431. The third-order valence-corrected chi connectivity index (χ3v) is 4.27. The van der Waals surface area contributed by atoms with Gasteiger partial charge in [-0.1, -0.05) is 11.6 Å². The Morgan fingerprint density at radius 2 is 2.05 bits per heavy atom. The molecule has 0 saturated carbocycles. The molecule has 2 rings (SSSR count). The number of nitrogens with zero attached hydrogens (tertiary/aromatic N) is 1. The predicted molar refractivity (Wildman–Crippen MR) is 78.9 cm³/mol. The van der Waals surface area contributed by atoms with Crippen molar-refractivity contribution in [2.75, 3.05) is 25.0 Å². The lowest BCUT2D eigenvalue weighted by Crippen LogP contribution is -2.50. The van der Waals surface area contributed by atoms with Gasteiger partial charge in [-0.2, -0.15) is 0 Å². The smallest absolute Gasteiger partial charge is 0.250 e. The molecular weight excluding hydrogens is 262 g/mol. The fourth-order valence-corrected chi connectivity index (χ4v) is 2.64. The molecule has 0 aliphatic carbocycles. The van der Waals surface area contributed by atoms with E-state index in [1.165, 1.54) is 0 Å². The zero-order valence-electron chi connectivity index (χ0n) is 11.4. The normalized spacial score (nSPS) is 18.4. The number of carbonyl (C=O) groups excluding carboxylic acids is 1. The van der Waals surface area contributed by atoms with Crippen LogP contribution in [0.5, 0.6) is 0 Å². The lowest BCUT2D eigenvalue weighted by atomic mass is 9.89. The number of carbonyl (C=O) groups is 1. The third kappa shape index (κ3) is 3.01. The Labute approximate surface area is 118 Å². The van der Waals surface area contributed by atoms with Crippen LogP contribution in [0.25, 0.3) is 0 Å². The van der Waals surface area contributed by atoms with E-state index in [0.717, 1.165) is 31.6 Å². The molecule has 0 atom stereocenters. The fraction of sp³-hybridized carbons (Fsp3) is 0.500. The molecule has 1 fully saturated rings. The maximum absolute atomic E-state index is 11.5. The molecule has 4 nitrogen and oxygen atoms in total. The molecule has 0 bridgehead atoms. The molecule has 19 heavy (non-hydrogen) atoms. The van der Waals surface area contributed by atoms with Crippen LogP contribution in [-0.4, -0.2) is 31.6 Å². The Morgan fingerprint density at radius 1 is 1.42 bits per heavy atom. The number of primary amides is 1. The third-order valence-electron chi connectivity index (χ3n) is 4.04. The van der Waals surface area contributed by atoms with E-state index in [4.69, 9.17) is 17.3 Å². The molecular formula is C14H20ClN3O. The van der Waals surface area contributed by atoms with E-state index in [1.807, 2.05) is 13.1 Å². The summed E-state index contributed by atoms with van der Waals surface area (Å²) >= 11 is 5.93. The largest absolute Gasteiger partial charge is 0.371 e. The van der Waals surface area contributed by atoms with Crippen molar-refractivity contribution in [1.29, 1.82) is 0 Å². The van der Waals surface area contributed by atoms with Crippen molar-refractivity contribution in [3.63, 3.8) is 0 Å². The van der Waals surface area contributed by atoms with Gasteiger partial charge in [0.2, 0.25) is 0 Å². The second-order valence-electron chi connectivity index (χ2n) is 5.32. The highest BCUT2D eigenvalue weighted by Gasteiger charge is 2.29. The van der Waals surface area contributed by atoms with Gasteiger partial charge in [-0.15, -0.1) is 0 Å². The van der Waals surface area contributed by atoms with Crippen LogP contribution in [0.4, 0.5) is 5.69 Å². The molecule has 1 aromatic carbocycles. The first-order chi connectivity index (χ1) is 8.95. The zero-order chi connectivity index (χ0) is 14.0. The second kappa shape index (κ2) is 5.39. The van der Waals surface area contributed by atoms with E-state index in [0.29, 0.717) is 10.6 Å². The maximum atomic E-state index is 11.5. The number of rotatable bonds is 3. The number of hydrogen-bond acceptors (Lipinski definition) is 3. The van der Waals surface area contributed by atoms with Crippen LogP contribution in [0, 0.1) is 0 Å². The summed E-state index contributed by atoms with van der Waals surface area (Å²) < 4.78 is 0. The molecule has 1 amide bonds. The minimum Gasteiger partial charge on any atom is -0.371 e. The molecule has 0 radical (unpaired) electrons. The Balaban J connectivity index is 2.22. The number of nitrogens with one attached hydrogen (secondary N) is 1. The SMILES string of the molecule is CNC1(C)CCN(c2ccc(Cl)cc2C(N)=O)CC1. The standard InChI is InChI=1S/C14H20ClN3O/c1-14(17-2)5-7-18(8-6-14)12-4-3-10(15)9-11(12)13(16)19/h3-4,9,17H,5-8H2,1-2H3,(H2,16,19). The highest BCUT2D eigenvalue weighted by atomic mass is 35.5. The van der Waals surface area contributed by atoms with E-state index in [2.05, 4.69) is 17.1 Å². The zero-order valence-corrected chi connectivity index (χ0v) is 12.1. The first kappa shape index (κ1) is 14.2. The summed E-state index contributed by atoms with van der Waals surface area (Å²) in [7, 11) is 1.99. The Kier molecular flexibility index (Phi) is 4.02. The van der Waals surface area contributed by atoms with Gasteiger partial charge >= 0.3 is 0 Å². The van der Waals surface area contributed by atoms with Gasteiger partial charge in [-0.05, 0) is 45.0 Å². The summed E-state index contributed by atoms with van der Waals surface area (Å²) in [4.78, 5) is 13.7. The van der Waals surface area contributed by atoms with Gasteiger partial charge in [0.05, 0.1) is 5.56 Å². The minimum absolute atomic E-state index is 0.176. The Bertz CT molecular complexity index is 482. The number of amides is 1. The lowest BCUT2D eigenvalue weighted by Gasteiger charge is -2.40. The van der Waals surface area contributed by atoms with E-state index < -0.39 is 5.91 Å². The highest BCUT2D eigenvalue weighted by Crippen LogP contribution is 2.29. The second-order valence-corrected chi connectivity index (χ2v) is 5.76. The van der Waals surface area contributed by atoms with Crippen molar-refractivity contribution in [2.24, 2.45) is 5.73 Å². The first-order valence-electron chi connectivity index (χ1n) is 6.48. The highest BCUT2D eigenvalue weighted by molar-refractivity contribution is 6.31. The minimum atomic E-state index is -0.431. The van der Waals surface area contributed by atoms with Gasteiger partial charge in [-0.25, -0.2) is 0 Å². The van der Waals surface area contributed by atoms with Crippen LogP contribution in [0.1, 0.15) is 30.1 Å². The average Bonchev–Trinajstić information content (AvgIpc) is 2.40. The van der Waals surface area contributed by atoms with E-state index in [1.54, 1.807) is 12.1 Å². The van der Waals surface area contributed by atoms with Crippen LogP contribution in [0.15, 0.2) is 18.2 Å². The van der Waals surface area contributed by atoms with Gasteiger partial charge in [0.1, 0.15) is 0 Å². The molecule has 0 unspecified atom stereocenters. The first-order valence-corrected chi connectivity index (χ1v) is 6.86. The van der Waals surface area contributed by atoms with E-state index in [9.17, 15) is 4.79 Å². The van der Waals surface area contributed by atoms with Crippen molar-refractivity contribution >= 4 is 23.2 Å². The van der Waals surface area contributed by atoms with Crippen molar-refractivity contribution in [1.82, 2.24) is 5.32 Å². The molecule has 0 aromatic heterocycles. The van der Waals surface area contributed by atoms with Crippen molar-refractivity contribution < 1.29 is 4.79 Å². The maximum Gasteiger partial charge on any atom is 0.250 e. The summed E-state index contributed by atoms with van der Waals surface area (Å²) in [5, 5.41) is 3.90. The fourth-order valence-electron chi connectivity index (χ4n) is 2.47. The number of halogens is 1. The number of nitrogens with two attached hydrogens (primary N) is 1. The molecule has 5 heteroatoms. The Hall–Kier alpha value is -1.26. The van der Waals surface area contributed by atoms with Gasteiger partial charge in [0.25, 0.3) is 5.91 Å². The monoisotopic (exact) mass is 281 g/mol. The molecule has 104 valence electrons. The molecule has 0 spiro atoms. The molecule has 1 heterocycles. The molecule has 1 saturated heterocycles. The average molecular weight is 282 g/mol. The van der Waals surface area contributed by atoms with Gasteiger partial charge in [-0.3, -0.25) is 4.79 Å². The van der Waals surface area contributed by atoms with Crippen molar-refractivity contribution in [3.8, 4) is 0 Å². The quantitative estimate of drug-likeness (QED) is 0.891. The molecule has 1 aliphatic rings. The molecule has 1 aromatic rings. The van der Waals surface area contributed by atoms with Gasteiger partial charge in [0.15, 0.2) is 0 Å². The van der Waals surface area contributed by atoms with Gasteiger partial charge in [0, 0.05) is 29.3 Å². The lowest BCUT2D eigenvalue weighted by molar-refractivity contribution is 0.100. The molecule has 3 N–H and O–H groups in total. The van der Waals surface area contributed by atoms with Crippen LogP contribution < -0.4 is 16.0 Å². The topological polar surface area (TPSA) is 58.4 Å². The van der Waals surface area contributed by atoms with Crippen LogP contribution in [-0.2, 0) is 0 Å². The van der Waals surface area contributed by atoms with Crippen LogP contribution in [0.2, 0.25) is 5.02 Å². The number of piperidine rings is 1. The Morgan fingerprint density at radius 3 is 2.58 bits per heavy atom. The van der Waals surface area contributed by atoms with E-state index >= 15 is 0 Å². The van der Waals surface area contributed by atoms with Crippen molar-refractivity contribution in [2.45, 2.75) is 25.3 Å². The summed E-state index contributed by atoms with van der Waals surface area (Å²) in [6.45, 7) is 4.03. The summed E-state index contributed by atoms with van der Waals surface area (Å²) in [6, 6.07) is 5.32. The molecule has 1 aliphatic heterocycles. The van der Waals surface area contributed by atoms with Gasteiger partial charge < -0.3 is 16.0 Å². The van der Waals surface area contributed by atoms with Crippen molar-refractivity contribution in [3.05, 3.63) is 28.8 Å².